The van der Waals surface area contributed by atoms with E-state index < -0.39 is 5.54 Å². The van der Waals surface area contributed by atoms with Crippen molar-refractivity contribution in [3.8, 4) is 6.07 Å². The molecule has 1 atom stereocenters. The number of nitriles is 1. The number of likely N-dealkylation sites (N-methyl/N-ethyl adjacent to an activating group) is 1. The van der Waals surface area contributed by atoms with Gasteiger partial charge in [0.15, 0.2) is 0 Å². The van der Waals surface area contributed by atoms with Crippen LogP contribution in [-0.2, 0) is 5.54 Å². The number of anilines is 1. The summed E-state index contributed by atoms with van der Waals surface area (Å²) in [6.45, 7) is 0.319. The van der Waals surface area contributed by atoms with Gasteiger partial charge in [-0.25, -0.2) is 4.39 Å². The van der Waals surface area contributed by atoms with Crippen molar-refractivity contribution in [2.24, 2.45) is 5.73 Å². The molecule has 0 aromatic heterocycles. The van der Waals surface area contributed by atoms with Crippen LogP contribution >= 0.6 is 0 Å². The topological polar surface area (TPSA) is 53.0 Å². The van der Waals surface area contributed by atoms with E-state index in [4.69, 9.17) is 5.73 Å². The van der Waals surface area contributed by atoms with E-state index in [1.807, 2.05) is 42.3 Å². The maximum atomic E-state index is 12.9. The van der Waals surface area contributed by atoms with Crippen LogP contribution in [0.3, 0.4) is 0 Å². The van der Waals surface area contributed by atoms with Crippen LogP contribution in [0.1, 0.15) is 5.56 Å². The van der Waals surface area contributed by atoms with E-state index in [1.54, 1.807) is 12.1 Å². The first-order valence-corrected chi connectivity index (χ1v) is 6.27. The summed E-state index contributed by atoms with van der Waals surface area (Å²) in [6, 6.07) is 17.5. The van der Waals surface area contributed by atoms with E-state index in [9.17, 15) is 9.65 Å². The molecule has 0 fully saturated rings. The maximum Gasteiger partial charge on any atom is 0.147 e. The van der Waals surface area contributed by atoms with Crippen LogP contribution in [-0.4, -0.2) is 13.6 Å². The molecule has 0 saturated heterocycles. The first kappa shape index (κ1) is 14.0. The van der Waals surface area contributed by atoms with Crippen molar-refractivity contribution >= 4 is 5.69 Å². The highest BCUT2D eigenvalue weighted by Crippen LogP contribution is 2.22. The predicted octanol–water partition coefficient (Wildman–Crippen LogP) is 2.64. The van der Waals surface area contributed by atoms with Gasteiger partial charge in [-0.3, -0.25) is 0 Å². The van der Waals surface area contributed by atoms with Gasteiger partial charge in [-0.15, -0.1) is 0 Å². The number of rotatable bonds is 4. The molecule has 0 amide bonds. The zero-order valence-corrected chi connectivity index (χ0v) is 11.3. The van der Waals surface area contributed by atoms with Crippen LogP contribution < -0.4 is 10.6 Å². The van der Waals surface area contributed by atoms with Crippen molar-refractivity contribution in [1.82, 2.24) is 0 Å². The SMILES string of the molecule is CN(CC(N)(C#N)c1ccccc1)c1ccc(F)cc1. The van der Waals surface area contributed by atoms with Crippen LogP contribution in [0, 0.1) is 17.1 Å². The van der Waals surface area contributed by atoms with Gasteiger partial charge >= 0.3 is 0 Å². The molecule has 0 heterocycles. The second-order valence-electron chi connectivity index (χ2n) is 4.78. The lowest BCUT2D eigenvalue weighted by Crippen LogP contribution is -2.45. The molecule has 3 nitrogen and oxygen atoms in total. The molecule has 0 bridgehead atoms. The van der Waals surface area contributed by atoms with Gasteiger partial charge in [0.2, 0.25) is 0 Å². The Morgan fingerprint density at radius 3 is 2.30 bits per heavy atom. The van der Waals surface area contributed by atoms with Gasteiger partial charge in [-0.05, 0) is 29.8 Å². The van der Waals surface area contributed by atoms with Gasteiger partial charge in [0, 0.05) is 12.7 Å². The fraction of sp³-hybridized carbons (Fsp3) is 0.188. The minimum atomic E-state index is -1.11. The molecule has 0 aliphatic heterocycles. The Morgan fingerprint density at radius 1 is 1.15 bits per heavy atom. The van der Waals surface area contributed by atoms with Gasteiger partial charge in [0.25, 0.3) is 0 Å². The van der Waals surface area contributed by atoms with Crippen molar-refractivity contribution in [1.29, 1.82) is 5.26 Å². The summed E-state index contributed by atoms with van der Waals surface area (Å²) in [7, 11) is 1.83. The average molecular weight is 269 g/mol. The number of benzene rings is 2. The Hall–Kier alpha value is -2.38. The Bertz CT molecular complexity index is 604. The van der Waals surface area contributed by atoms with Crippen molar-refractivity contribution in [2.45, 2.75) is 5.54 Å². The molecule has 0 aliphatic rings. The molecular weight excluding hydrogens is 253 g/mol. The third-order valence-electron chi connectivity index (χ3n) is 3.24. The number of hydrogen-bond acceptors (Lipinski definition) is 3. The van der Waals surface area contributed by atoms with Gasteiger partial charge < -0.3 is 10.6 Å². The normalized spacial score (nSPS) is 13.3. The lowest BCUT2D eigenvalue weighted by atomic mass is 9.92. The fourth-order valence-corrected chi connectivity index (χ4v) is 2.09. The highest BCUT2D eigenvalue weighted by molar-refractivity contribution is 5.47. The first-order chi connectivity index (χ1) is 9.55. The van der Waals surface area contributed by atoms with Gasteiger partial charge in [0.05, 0.1) is 12.6 Å². The number of hydrogen-bond donors (Lipinski definition) is 1. The highest BCUT2D eigenvalue weighted by Gasteiger charge is 2.28. The molecule has 4 heteroatoms. The van der Waals surface area contributed by atoms with E-state index in [2.05, 4.69) is 6.07 Å². The molecular formula is C16H16FN3. The molecule has 0 radical (unpaired) electrons. The number of halogens is 1. The Labute approximate surface area is 118 Å². The van der Waals surface area contributed by atoms with Crippen LogP contribution in [0.5, 0.6) is 0 Å². The van der Waals surface area contributed by atoms with Crippen LogP contribution in [0.2, 0.25) is 0 Å². The predicted molar refractivity (Wildman–Crippen MR) is 77.6 cm³/mol. The second kappa shape index (κ2) is 5.72. The van der Waals surface area contributed by atoms with Gasteiger partial charge in [-0.1, -0.05) is 30.3 Å². The minimum absolute atomic E-state index is 0.287. The quantitative estimate of drug-likeness (QED) is 0.928. The summed E-state index contributed by atoms with van der Waals surface area (Å²) >= 11 is 0. The average Bonchev–Trinajstić information content (AvgIpc) is 2.48. The van der Waals surface area contributed by atoms with E-state index >= 15 is 0 Å². The monoisotopic (exact) mass is 269 g/mol. The van der Waals surface area contributed by atoms with E-state index in [0.29, 0.717) is 6.54 Å². The number of nitrogens with two attached hydrogens (primary N) is 1. The largest absolute Gasteiger partial charge is 0.371 e. The zero-order chi connectivity index (χ0) is 14.6. The van der Waals surface area contributed by atoms with Gasteiger partial charge in [0.1, 0.15) is 11.4 Å². The number of nitrogens with zero attached hydrogens (tertiary/aromatic N) is 2. The Morgan fingerprint density at radius 2 is 1.75 bits per heavy atom. The smallest absolute Gasteiger partial charge is 0.147 e. The lowest BCUT2D eigenvalue weighted by molar-refractivity contribution is 0.571. The summed E-state index contributed by atoms with van der Waals surface area (Å²) < 4.78 is 12.9. The van der Waals surface area contributed by atoms with Crippen molar-refractivity contribution in [3.63, 3.8) is 0 Å². The van der Waals surface area contributed by atoms with E-state index in [-0.39, 0.29) is 5.82 Å². The highest BCUT2D eigenvalue weighted by atomic mass is 19.1. The van der Waals surface area contributed by atoms with Crippen molar-refractivity contribution < 1.29 is 4.39 Å². The second-order valence-corrected chi connectivity index (χ2v) is 4.78. The van der Waals surface area contributed by atoms with E-state index in [1.165, 1.54) is 12.1 Å². The molecule has 1 unspecified atom stereocenters. The molecule has 102 valence electrons. The maximum absolute atomic E-state index is 12.9. The summed E-state index contributed by atoms with van der Waals surface area (Å²) in [5, 5.41) is 9.42. The van der Waals surface area contributed by atoms with Crippen LogP contribution in [0.15, 0.2) is 54.6 Å². The van der Waals surface area contributed by atoms with E-state index in [0.717, 1.165) is 11.3 Å². The minimum Gasteiger partial charge on any atom is -0.371 e. The molecule has 0 saturated carbocycles. The Balaban J connectivity index is 2.22. The standard InChI is InChI=1S/C16H16FN3/c1-20(15-9-7-14(17)8-10-15)12-16(19,11-18)13-5-3-2-4-6-13/h2-10H,12,19H2,1H3. The summed E-state index contributed by atoms with van der Waals surface area (Å²) in [5.41, 5.74) is 6.68. The summed E-state index contributed by atoms with van der Waals surface area (Å²) in [5.74, 6) is -0.287. The third-order valence-corrected chi connectivity index (χ3v) is 3.24. The molecule has 2 aromatic rings. The summed E-state index contributed by atoms with van der Waals surface area (Å²) in [6.07, 6.45) is 0. The lowest BCUT2D eigenvalue weighted by Gasteiger charge is -2.29. The summed E-state index contributed by atoms with van der Waals surface area (Å²) in [4.78, 5) is 1.84. The fourth-order valence-electron chi connectivity index (χ4n) is 2.09. The molecule has 0 spiro atoms. The van der Waals surface area contributed by atoms with Crippen molar-refractivity contribution in [2.75, 3.05) is 18.5 Å². The molecule has 0 aliphatic carbocycles. The Kier molecular flexibility index (Phi) is 4.02. The van der Waals surface area contributed by atoms with Crippen LogP contribution in [0.4, 0.5) is 10.1 Å². The molecule has 2 rings (SSSR count). The first-order valence-electron chi connectivity index (χ1n) is 6.27. The van der Waals surface area contributed by atoms with Crippen molar-refractivity contribution in [3.05, 3.63) is 66.0 Å². The van der Waals surface area contributed by atoms with Crippen LogP contribution in [0.25, 0.3) is 0 Å². The zero-order valence-electron chi connectivity index (χ0n) is 11.3. The van der Waals surface area contributed by atoms with Gasteiger partial charge in [-0.2, -0.15) is 5.26 Å². The molecule has 20 heavy (non-hydrogen) atoms. The third kappa shape index (κ3) is 2.95. The molecule has 2 N–H and O–H groups in total. The molecule has 2 aromatic carbocycles.